The number of fused-ring (bicyclic) bond motifs is 1. The van der Waals surface area contributed by atoms with Crippen LogP contribution < -0.4 is 21.2 Å². The standard InChI is InChI=1S/C23H21N3O5/c1-14(22(29)25-17-8-9-19-15(11-17)7-10-21(28)31-19)24-23(30)16-12-20(27)26(13-16)18-5-3-2-4-6-18/h2-11,14,16H,12-13H2,1H3,(H,24,30)(H,25,29)/t14-,16?/m0/s1. The van der Waals surface area contributed by atoms with Crippen LogP contribution in [0.15, 0.2) is 69.9 Å². The number of hydrogen-bond acceptors (Lipinski definition) is 5. The number of amides is 3. The van der Waals surface area contributed by atoms with Crippen LogP contribution in [0, 0.1) is 5.92 Å². The summed E-state index contributed by atoms with van der Waals surface area (Å²) in [5, 5.41) is 6.09. The van der Waals surface area contributed by atoms with E-state index in [0.29, 0.717) is 16.7 Å². The van der Waals surface area contributed by atoms with E-state index >= 15 is 0 Å². The average Bonchev–Trinajstić information content (AvgIpc) is 3.16. The fraction of sp³-hybridized carbons (Fsp3) is 0.217. The first-order chi connectivity index (χ1) is 14.9. The number of anilines is 2. The maximum Gasteiger partial charge on any atom is 0.336 e. The van der Waals surface area contributed by atoms with Gasteiger partial charge in [0.05, 0.1) is 5.92 Å². The molecule has 2 heterocycles. The molecule has 0 bridgehead atoms. The highest BCUT2D eigenvalue weighted by Gasteiger charge is 2.35. The fourth-order valence-corrected chi connectivity index (χ4v) is 3.54. The van der Waals surface area contributed by atoms with Crippen LogP contribution in [0.5, 0.6) is 0 Å². The molecule has 3 aromatic rings. The van der Waals surface area contributed by atoms with Gasteiger partial charge < -0.3 is 20.0 Å². The third-order valence-corrected chi connectivity index (χ3v) is 5.20. The Morgan fingerprint density at radius 1 is 1.06 bits per heavy atom. The normalized spacial score (nSPS) is 16.9. The van der Waals surface area contributed by atoms with Gasteiger partial charge in [-0.3, -0.25) is 14.4 Å². The van der Waals surface area contributed by atoms with Crippen LogP contribution in [0.3, 0.4) is 0 Å². The van der Waals surface area contributed by atoms with Gasteiger partial charge >= 0.3 is 5.63 Å². The number of hydrogen-bond donors (Lipinski definition) is 2. The first-order valence-corrected chi connectivity index (χ1v) is 9.91. The van der Waals surface area contributed by atoms with Gasteiger partial charge in [-0.25, -0.2) is 4.79 Å². The zero-order valence-electron chi connectivity index (χ0n) is 16.8. The van der Waals surface area contributed by atoms with Gasteiger partial charge in [-0.1, -0.05) is 18.2 Å². The fourth-order valence-electron chi connectivity index (χ4n) is 3.54. The third-order valence-electron chi connectivity index (χ3n) is 5.20. The summed E-state index contributed by atoms with van der Waals surface area (Å²) >= 11 is 0. The van der Waals surface area contributed by atoms with E-state index in [0.717, 1.165) is 5.69 Å². The second-order valence-corrected chi connectivity index (χ2v) is 7.47. The van der Waals surface area contributed by atoms with Crippen molar-refractivity contribution in [1.29, 1.82) is 0 Å². The van der Waals surface area contributed by atoms with Crippen LogP contribution in [-0.2, 0) is 14.4 Å². The van der Waals surface area contributed by atoms with E-state index in [9.17, 15) is 19.2 Å². The zero-order chi connectivity index (χ0) is 22.0. The Hall–Kier alpha value is -3.94. The summed E-state index contributed by atoms with van der Waals surface area (Å²) in [6.45, 7) is 1.86. The minimum atomic E-state index is -0.794. The summed E-state index contributed by atoms with van der Waals surface area (Å²) in [7, 11) is 0. The molecule has 8 heteroatoms. The van der Waals surface area contributed by atoms with Gasteiger partial charge in [0.15, 0.2) is 0 Å². The zero-order valence-corrected chi connectivity index (χ0v) is 16.8. The molecule has 1 unspecified atom stereocenters. The predicted molar refractivity (Wildman–Crippen MR) is 116 cm³/mol. The predicted octanol–water partition coefficient (Wildman–Crippen LogP) is 2.29. The molecule has 0 radical (unpaired) electrons. The Kier molecular flexibility index (Phi) is 5.53. The molecule has 4 rings (SSSR count). The smallest absolute Gasteiger partial charge is 0.336 e. The van der Waals surface area contributed by atoms with Crippen LogP contribution in [0.4, 0.5) is 11.4 Å². The Morgan fingerprint density at radius 2 is 1.84 bits per heavy atom. The first kappa shape index (κ1) is 20.3. The maximum absolute atomic E-state index is 12.6. The van der Waals surface area contributed by atoms with Crippen LogP contribution in [0.2, 0.25) is 0 Å². The topological polar surface area (TPSA) is 109 Å². The van der Waals surface area contributed by atoms with E-state index in [1.807, 2.05) is 30.3 Å². The summed E-state index contributed by atoms with van der Waals surface area (Å²) in [6.07, 6.45) is 0.102. The van der Waals surface area contributed by atoms with Crippen LogP contribution >= 0.6 is 0 Å². The molecule has 0 spiro atoms. The molecule has 8 nitrogen and oxygen atoms in total. The lowest BCUT2D eigenvalue weighted by atomic mass is 10.1. The summed E-state index contributed by atoms with van der Waals surface area (Å²) in [6, 6.07) is 16.2. The van der Waals surface area contributed by atoms with E-state index in [1.54, 1.807) is 36.1 Å². The molecule has 0 saturated carbocycles. The van der Waals surface area contributed by atoms with Crippen molar-refractivity contribution in [2.24, 2.45) is 5.92 Å². The minimum Gasteiger partial charge on any atom is -0.423 e. The highest BCUT2D eigenvalue weighted by atomic mass is 16.4. The SMILES string of the molecule is C[C@H](NC(=O)C1CC(=O)N(c2ccccc2)C1)C(=O)Nc1ccc2oc(=O)ccc2c1. The van der Waals surface area contributed by atoms with Crippen LogP contribution in [0.25, 0.3) is 11.0 Å². The lowest BCUT2D eigenvalue weighted by Crippen LogP contribution is -2.44. The maximum atomic E-state index is 12.6. The van der Waals surface area contributed by atoms with Gasteiger partial charge in [-0.15, -0.1) is 0 Å². The van der Waals surface area contributed by atoms with Gasteiger partial charge in [-0.05, 0) is 43.3 Å². The molecule has 2 aromatic carbocycles. The Labute approximate surface area is 177 Å². The monoisotopic (exact) mass is 419 g/mol. The van der Waals surface area contributed by atoms with E-state index in [-0.39, 0.29) is 24.8 Å². The molecule has 2 N–H and O–H groups in total. The molecule has 1 aliphatic rings. The second-order valence-electron chi connectivity index (χ2n) is 7.47. The number of rotatable bonds is 5. The Balaban J connectivity index is 1.36. The largest absolute Gasteiger partial charge is 0.423 e. The second kappa shape index (κ2) is 8.43. The van der Waals surface area contributed by atoms with E-state index < -0.39 is 23.5 Å². The highest BCUT2D eigenvalue weighted by molar-refractivity contribution is 6.02. The van der Waals surface area contributed by atoms with Crippen molar-refractivity contribution < 1.29 is 18.8 Å². The molecule has 31 heavy (non-hydrogen) atoms. The Bertz CT molecular complexity index is 1200. The number of nitrogens with zero attached hydrogens (tertiary/aromatic N) is 1. The van der Waals surface area contributed by atoms with Crippen molar-refractivity contribution in [3.05, 3.63) is 71.1 Å². The number of carbonyl (C=O) groups is 3. The summed E-state index contributed by atoms with van der Waals surface area (Å²) in [4.78, 5) is 50.3. The van der Waals surface area contributed by atoms with Crippen molar-refractivity contribution in [2.45, 2.75) is 19.4 Å². The minimum absolute atomic E-state index is 0.102. The molecule has 1 saturated heterocycles. The van der Waals surface area contributed by atoms with Crippen molar-refractivity contribution in [3.8, 4) is 0 Å². The summed E-state index contributed by atoms with van der Waals surface area (Å²) in [5.74, 6) is -1.37. The quantitative estimate of drug-likeness (QED) is 0.617. The lowest BCUT2D eigenvalue weighted by molar-refractivity contribution is -0.129. The van der Waals surface area contributed by atoms with Gasteiger partial charge in [0.2, 0.25) is 17.7 Å². The van der Waals surface area contributed by atoms with E-state index in [1.165, 1.54) is 6.07 Å². The number of para-hydroxylation sites is 1. The van der Waals surface area contributed by atoms with Gasteiger partial charge in [0.1, 0.15) is 11.6 Å². The lowest BCUT2D eigenvalue weighted by Gasteiger charge is -2.18. The van der Waals surface area contributed by atoms with Gasteiger partial charge in [0.25, 0.3) is 0 Å². The molecule has 0 aliphatic carbocycles. The van der Waals surface area contributed by atoms with E-state index in [2.05, 4.69) is 10.6 Å². The van der Waals surface area contributed by atoms with Crippen LogP contribution in [0.1, 0.15) is 13.3 Å². The Morgan fingerprint density at radius 3 is 2.61 bits per heavy atom. The van der Waals surface area contributed by atoms with Crippen molar-refractivity contribution in [3.63, 3.8) is 0 Å². The molecular weight excluding hydrogens is 398 g/mol. The molecule has 1 aromatic heterocycles. The summed E-state index contributed by atoms with van der Waals surface area (Å²) < 4.78 is 5.07. The van der Waals surface area contributed by atoms with Gasteiger partial charge in [-0.2, -0.15) is 0 Å². The third kappa shape index (κ3) is 4.48. The highest BCUT2D eigenvalue weighted by Crippen LogP contribution is 2.25. The number of nitrogens with one attached hydrogen (secondary N) is 2. The molecule has 1 fully saturated rings. The summed E-state index contributed by atoms with van der Waals surface area (Å²) in [5.41, 5.74) is 1.23. The average molecular weight is 419 g/mol. The molecular formula is C23H21N3O5. The van der Waals surface area contributed by atoms with Crippen molar-refractivity contribution in [2.75, 3.05) is 16.8 Å². The molecule has 1 aliphatic heterocycles. The first-order valence-electron chi connectivity index (χ1n) is 9.91. The van der Waals surface area contributed by atoms with Gasteiger partial charge in [0, 0.05) is 35.8 Å². The van der Waals surface area contributed by atoms with E-state index in [4.69, 9.17) is 4.42 Å². The molecule has 158 valence electrons. The molecule has 2 atom stereocenters. The number of carbonyl (C=O) groups excluding carboxylic acids is 3. The van der Waals surface area contributed by atoms with Crippen molar-refractivity contribution >= 4 is 40.1 Å². The van der Waals surface area contributed by atoms with Crippen molar-refractivity contribution in [1.82, 2.24) is 5.32 Å². The molecule has 3 amide bonds. The van der Waals surface area contributed by atoms with Crippen LogP contribution in [-0.4, -0.2) is 30.3 Å². The number of benzene rings is 2.